The summed E-state index contributed by atoms with van der Waals surface area (Å²) in [5.41, 5.74) is 2.09. The Balaban J connectivity index is 1.50. The molecule has 2 aromatic heterocycles. The third-order valence-electron chi connectivity index (χ3n) is 4.85. The second-order valence-electron chi connectivity index (χ2n) is 6.88. The number of carbonyl (C=O) groups is 1. The van der Waals surface area contributed by atoms with Gasteiger partial charge >= 0.3 is 0 Å². The number of nitrogens with one attached hydrogen (secondary N) is 1. The van der Waals surface area contributed by atoms with Crippen LogP contribution >= 0.6 is 11.3 Å². The number of sulfonamides is 1. The Bertz CT molecular complexity index is 1370. The van der Waals surface area contributed by atoms with Crippen LogP contribution in [0.1, 0.15) is 10.4 Å². The van der Waals surface area contributed by atoms with Crippen LogP contribution in [0.4, 0.5) is 10.8 Å². The second kappa shape index (κ2) is 9.39. The summed E-state index contributed by atoms with van der Waals surface area (Å²) in [5, 5.41) is 4.97. The first kappa shape index (κ1) is 22.4. The molecular weight excluding hydrogens is 460 g/mol. The van der Waals surface area contributed by atoms with Crippen LogP contribution in [-0.4, -0.2) is 38.5 Å². The summed E-state index contributed by atoms with van der Waals surface area (Å²) in [4.78, 5) is 21.3. The van der Waals surface area contributed by atoms with Gasteiger partial charge in [0.05, 0.1) is 23.4 Å². The van der Waals surface area contributed by atoms with E-state index in [1.807, 2.05) is 18.2 Å². The first-order valence-electron chi connectivity index (χ1n) is 9.80. The summed E-state index contributed by atoms with van der Waals surface area (Å²) in [6.45, 7) is 0. The first-order chi connectivity index (χ1) is 15.9. The maximum atomic E-state index is 13.1. The zero-order valence-corrected chi connectivity index (χ0v) is 19.4. The molecule has 2 heterocycles. The Labute approximate surface area is 195 Å². The fraction of sp³-hybridized carbons (Fsp3) is 0.0870. The Hall–Kier alpha value is -3.76. The van der Waals surface area contributed by atoms with Gasteiger partial charge in [-0.2, -0.15) is 0 Å². The summed E-state index contributed by atoms with van der Waals surface area (Å²) in [6.07, 6.45) is 1.67. The molecule has 0 aliphatic rings. The lowest BCUT2D eigenvalue weighted by Gasteiger charge is -2.21. The van der Waals surface area contributed by atoms with Gasteiger partial charge in [-0.15, -0.1) is 11.3 Å². The highest BCUT2D eigenvalue weighted by Gasteiger charge is 2.24. The largest absolute Gasteiger partial charge is 0.495 e. The number of ether oxygens (including phenoxy) is 1. The maximum Gasteiger partial charge on any atom is 0.264 e. The minimum atomic E-state index is -3.85. The Morgan fingerprint density at radius 2 is 1.73 bits per heavy atom. The molecular formula is C23H20N4O4S2. The van der Waals surface area contributed by atoms with Crippen molar-refractivity contribution in [1.82, 2.24) is 9.97 Å². The van der Waals surface area contributed by atoms with Crippen molar-refractivity contribution in [2.45, 2.75) is 4.90 Å². The summed E-state index contributed by atoms with van der Waals surface area (Å²) < 4.78 is 32.5. The number of carbonyl (C=O) groups excluding carboxylic acids is 1. The number of hydrogen-bond donors (Lipinski definition) is 1. The van der Waals surface area contributed by atoms with Gasteiger partial charge in [0.2, 0.25) is 0 Å². The molecule has 0 saturated carbocycles. The van der Waals surface area contributed by atoms with Gasteiger partial charge in [0.25, 0.3) is 15.9 Å². The highest BCUT2D eigenvalue weighted by atomic mass is 32.2. The van der Waals surface area contributed by atoms with E-state index in [1.54, 1.807) is 35.8 Å². The molecule has 4 rings (SSSR count). The van der Waals surface area contributed by atoms with E-state index < -0.39 is 10.0 Å². The molecule has 1 amide bonds. The molecule has 168 valence electrons. The quantitative estimate of drug-likeness (QED) is 0.423. The van der Waals surface area contributed by atoms with Crippen molar-refractivity contribution in [3.8, 4) is 17.1 Å². The zero-order valence-electron chi connectivity index (χ0n) is 17.8. The Kier molecular flexibility index (Phi) is 6.38. The van der Waals surface area contributed by atoms with E-state index in [-0.39, 0.29) is 10.8 Å². The molecule has 0 bridgehead atoms. The number of pyridine rings is 1. The summed E-state index contributed by atoms with van der Waals surface area (Å²) in [6, 6.07) is 18.1. The molecule has 8 nitrogen and oxygen atoms in total. The van der Waals surface area contributed by atoms with E-state index in [2.05, 4.69) is 15.3 Å². The fourth-order valence-electron chi connectivity index (χ4n) is 3.09. The highest BCUT2D eigenvalue weighted by molar-refractivity contribution is 7.92. The van der Waals surface area contributed by atoms with E-state index in [4.69, 9.17) is 4.74 Å². The number of nitrogens with zero attached hydrogens (tertiary/aromatic N) is 3. The summed E-state index contributed by atoms with van der Waals surface area (Å²) in [5.74, 6) is 0.0482. The minimum absolute atomic E-state index is 0.0548. The predicted molar refractivity (Wildman–Crippen MR) is 128 cm³/mol. The minimum Gasteiger partial charge on any atom is -0.495 e. The van der Waals surface area contributed by atoms with Crippen LogP contribution in [0.25, 0.3) is 11.4 Å². The van der Waals surface area contributed by atoms with Crippen molar-refractivity contribution in [3.05, 3.63) is 83.9 Å². The predicted octanol–water partition coefficient (Wildman–Crippen LogP) is 4.29. The lowest BCUT2D eigenvalue weighted by molar-refractivity contribution is 0.102. The monoisotopic (exact) mass is 480 g/mol. The van der Waals surface area contributed by atoms with E-state index >= 15 is 0 Å². The Morgan fingerprint density at radius 1 is 1.00 bits per heavy atom. The van der Waals surface area contributed by atoms with Crippen molar-refractivity contribution >= 4 is 38.1 Å². The number of para-hydroxylation sites is 2. The third-order valence-corrected chi connectivity index (χ3v) is 7.39. The molecule has 33 heavy (non-hydrogen) atoms. The van der Waals surface area contributed by atoms with Gasteiger partial charge in [-0.3, -0.25) is 19.4 Å². The number of thiazole rings is 1. The lowest BCUT2D eigenvalue weighted by Crippen LogP contribution is -2.27. The number of rotatable bonds is 7. The molecule has 2 aromatic carbocycles. The normalized spacial score (nSPS) is 11.1. The van der Waals surface area contributed by atoms with Crippen molar-refractivity contribution in [3.63, 3.8) is 0 Å². The highest BCUT2D eigenvalue weighted by Crippen LogP contribution is 2.31. The third kappa shape index (κ3) is 4.71. The smallest absolute Gasteiger partial charge is 0.264 e. The summed E-state index contributed by atoms with van der Waals surface area (Å²) in [7, 11) is -0.914. The zero-order chi connectivity index (χ0) is 23.4. The first-order valence-corrected chi connectivity index (χ1v) is 12.1. The number of hydrogen-bond acceptors (Lipinski definition) is 7. The molecule has 1 N–H and O–H groups in total. The van der Waals surface area contributed by atoms with Crippen LogP contribution in [0.5, 0.6) is 5.75 Å². The van der Waals surface area contributed by atoms with Crippen molar-refractivity contribution < 1.29 is 17.9 Å². The number of methoxy groups -OCH3 is 1. The van der Waals surface area contributed by atoms with Gasteiger partial charge < -0.3 is 4.74 Å². The van der Waals surface area contributed by atoms with Crippen LogP contribution in [0.3, 0.4) is 0 Å². The molecule has 0 fully saturated rings. The molecule has 4 aromatic rings. The molecule has 0 spiro atoms. The van der Waals surface area contributed by atoms with Crippen LogP contribution in [0, 0.1) is 0 Å². The second-order valence-corrected chi connectivity index (χ2v) is 9.70. The molecule has 0 aliphatic heterocycles. The van der Waals surface area contributed by atoms with Crippen LogP contribution < -0.4 is 14.4 Å². The van der Waals surface area contributed by atoms with Crippen molar-refractivity contribution in [1.29, 1.82) is 0 Å². The molecule has 0 aliphatic carbocycles. The Morgan fingerprint density at radius 3 is 2.42 bits per heavy atom. The topological polar surface area (TPSA) is 101 Å². The number of aromatic nitrogens is 2. The van der Waals surface area contributed by atoms with Crippen molar-refractivity contribution in [2.75, 3.05) is 23.8 Å². The van der Waals surface area contributed by atoms with E-state index in [1.165, 1.54) is 49.8 Å². The van der Waals surface area contributed by atoms with Gasteiger partial charge in [-0.25, -0.2) is 13.4 Å². The molecule has 0 atom stereocenters. The SMILES string of the molecule is COc1ccccc1N(C)S(=O)(=O)c1ccc(C(=O)Nc2nc(-c3ccccn3)cs2)cc1. The molecule has 0 unspecified atom stereocenters. The van der Waals surface area contributed by atoms with Crippen molar-refractivity contribution in [2.24, 2.45) is 0 Å². The van der Waals surface area contributed by atoms with Gasteiger partial charge in [-0.05, 0) is 48.5 Å². The molecule has 0 saturated heterocycles. The van der Waals surface area contributed by atoms with Crippen LogP contribution in [-0.2, 0) is 10.0 Å². The number of benzene rings is 2. The van der Waals surface area contributed by atoms with Gasteiger partial charge in [0.15, 0.2) is 5.13 Å². The van der Waals surface area contributed by atoms with Crippen LogP contribution in [0.15, 0.2) is 83.2 Å². The van der Waals surface area contributed by atoms with E-state index in [9.17, 15) is 13.2 Å². The van der Waals surface area contributed by atoms with Gasteiger partial charge in [0, 0.05) is 24.2 Å². The standard InChI is InChI=1S/C23H20N4O4S2/c1-27(20-8-3-4-9-21(20)31-2)33(29,30)17-12-10-16(11-13-17)22(28)26-23-25-19(15-32-23)18-7-5-6-14-24-18/h3-15H,1-2H3,(H,25,26,28). The average molecular weight is 481 g/mol. The van der Waals surface area contributed by atoms with Crippen LogP contribution in [0.2, 0.25) is 0 Å². The summed E-state index contributed by atoms with van der Waals surface area (Å²) >= 11 is 1.28. The fourth-order valence-corrected chi connectivity index (χ4v) is 4.99. The lowest BCUT2D eigenvalue weighted by atomic mass is 10.2. The maximum absolute atomic E-state index is 13.1. The molecule has 10 heteroatoms. The number of amides is 1. The van der Waals surface area contributed by atoms with Gasteiger partial charge in [-0.1, -0.05) is 18.2 Å². The average Bonchev–Trinajstić information content (AvgIpc) is 3.32. The number of anilines is 2. The van der Waals surface area contributed by atoms with Gasteiger partial charge in [0.1, 0.15) is 11.4 Å². The van der Waals surface area contributed by atoms with E-state index in [0.717, 1.165) is 4.31 Å². The van der Waals surface area contributed by atoms with E-state index in [0.29, 0.717) is 33.5 Å². The molecule has 0 radical (unpaired) electrons.